The Hall–Kier alpha value is -5.22. The normalized spacial score (nSPS) is 15.3. The Morgan fingerprint density at radius 2 is 1.81 bits per heavy atom. The molecule has 6 rings (SSSR count). The summed E-state index contributed by atoms with van der Waals surface area (Å²) in [5.74, 6) is -0.854. The van der Waals surface area contributed by atoms with Crippen LogP contribution in [0, 0.1) is 0 Å². The lowest BCUT2D eigenvalue weighted by atomic mass is 10.0. The topological polar surface area (TPSA) is 152 Å². The van der Waals surface area contributed by atoms with E-state index in [0.29, 0.717) is 74.8 Å². The van der Waals surface area contributed by atoms with Crippen LogP contribution in [-0.4, -0.2) is 75.8 Å². The third-order valence-corrected chi connectivity index (χ3v) is 9.22. The van der Waals surface area contributed by atoms with Crippen molar-refractivity contribution in [3.05, 3.63) is 92.6 Å². The molecule has 0 unspecified atom stereocenters. The summed E-state index contributed by atoms with van der Waals surface area (Å²) in [7, 11) is 0. The van der Waals surface area contributed by atoms with Crippen LogP contribution < -0.4 is 26.4 Å². The number of fused-ring (bicyclic) bond motifs is 1. The first-order valence-corrected chi connectivity index (χ1v) is 17.1. The van der Waals surface area contributed by atoms with Gasteiger partial charge in [-0.05, 0) is 61.6 Å². The van der Waals surface area contributed by atoms with Crippen LogP contribution in [0.2, 0.25) is 5.02 Å². The van der Waals surface area contributed by atoms with Crippen LogP contribution in [0.3, 0.4) is 0 Å². The molecule has 4 heterocycles. The molecule has 0 bridgehead atoms. The zero-order valence-electron chi connectivity index (χ0n) is 28.1. The highest BCUT2D eigenvalue weighted by Gasteiger charge is 2.32. The van der Waals surface area contributed by atoms with Gasteiger partial charge in [-0.25, -0.2) is 0 Å². The average Bonchev–Trinajstić information content (AvgIpc) is 3.59. The van der Waals surface area contributed by atoms with E-state index < -0.39 is 23.2 Å². The first-order valence-electron chi connectivity index (χ1n) is 16.8. The van der Waals surface area contributed by atoms with Crippen molar-refractivity contribution < 1.29 is 32.3 Å². The Morgan fingerprint density at radius 3 is 2.46 bits per heavy atom. The maximum Gasteiger partial charge on any atom is 0.416 e. The third-order valence-electron chi connectivity index (χ3n) is 8.91. The van der Waals surface area contributed by atoms with Gasteiger partial charge in [0.2, 0.25) is 17.6 Å². The van der Waals surface area contributed by atoms with Gasteiger partial charge in [0.05, 0.1) is 41.7 Å². The van der Waals surface area contributed by atoms with Gasteiger partial charge in [0.1, 0.15) is 12.2 Å². The summed E-state index contributed by atoms with van der Waals surface area (Å²) in [6, 6.07) is 11.0. The molecule has 1 fully saturated rings. The van der Waals surface area contributed by atoms with E-state index in [4.69, 9.17) is 16.3 Å². The van der Waals surface area contributed by atoms with Crippen LogP contribution in [0.1, 0.15) is 53.6 Å². The minimum atomic E-state index is -4.61. The fourth-order valence-corrected chi connectivity index (χ4v) is 6.53. The number of nitrogens with zero attached hydrogens (tertiary/aromatic N) is 5. The zero-order valence-corrected chi connectivity index (χ0v) is 28.9. The maximum atomic E-state index is 14.2. The first kappa shape index (κ1) is 36.6. The van der Waals surface area contributed by atoms with Gasteiger partial charge in [0.15, 0.2) is 5.82 Å². The van der Waals surface area contributed by atoms with Crippen LogP contribution in [0.25, 0.3) is 11.4 Å². The summed E-state index contributed by atoms with van der Waals surface area (Å²) in [4.78, 5) is 59.2. The number of halogens is 4. The molecule has 17 heteroatoms. The highest BCUT2D eigenvalue weighted by Crippen LogP contribution is 2.34. The Morgan fingerprint density at radius 1 is 1.06 bits per heavy atom. The molecule has 0 saturated carbocycles. The minimum Gasteiger partial charge on any atom is -0.377 e. The van der Waals surface area contributed by atoms with Crippen LogP contribution in [0.5, 0.6) is 0 Å². The lowest BCUT2D eigenvalue weighted by Gasteiger charge is -2.35. The zero-order chi connectivity index (χ0) is 37.0. The van der Waals surface area contributed by atoms with Crippen LogP contribution in [0.15, 0.2) is 59.4 Å². The molecule has 2 aromatic heterocycles. The van der Waals surface area contributed by atoms with Gasteiger partial charge in [-0.2, -0.15) is 22.7 Å². The first-order chi connectivity index (χ1) is 24.9. The average molecular weight is 741 g/mol. The molecule has 0 atom stereocenters. The molecular formula is C35H36ClF3N8O5. The van der Waals surface area contributed by atoms with E-state index in [-0.39, 0.29) is 47.4 Å². The van der Waals surface area contributed by atoms with Gasteiger partial charge in [0, 0.05) is 24.7 Å². The fourth-order valence-electron chi connectivity index (χ4n) is 6.30. The van der Waals surface area contributed by atoms with Crippen molar-refractivity contribution in [2.24, 2.45) is 0 Å². The van der Waals surface area contributed by atoms with Gasteiger partial charge in [-0.15, -0.1) is 5.10 Å². The molecule has 13 nitrogen and oxygen atoms in total. The van der Waals surface area contributed by atoms with E-state index >= 15 is 0 Å². The van der Waals surface area contributed by atoms with Gasteiger partial charge < -0.3 is 30.2 Å². The number of carbonyl (C=O) groups is 3. The number of carbonyl (C=O) groups excluding carboxylic acids is 3. The summed E-state index contributed by atoms with van der Waals surface area (Å²) in [6.45, 7) is 2.91. The maximum absolute atomic E-state index is 14.2. The van der Waals surface area contributed by atoms with Crippen LogP contribution in [-0.2, 0) is 33.5 Å². The second-order valence-corrected chi connectivity index (χ2v) is 12.8. The van der Waals surface area contributed by atoms with Crippen molar-refractivity contribution in [3.63, 3.8) is 0 Å². The van der Waals surface area contributed by atoms with E-state index in [9.17, 15) is 32.3 Å². The van der Waals surface area contributed by atoms with Crippen molar-refractivity contribution in [2.75, 3.05) is 43.1 Å². The van der Waals surface area contributed by atoms with Gasteiger partial charge in [-0.1, -0.05) is 42.8 Å². The van der Waals surface area contributed by atoms with Gasteiger partial charge >= 0.3 is 6.18 Å². The van der Waals surface area contributed by atoms with Crippen LogP contribution >= 0.6 is 11.6 Å². The lowest BCUT2D eigenvalue weighted by Crippen LogP contribution is -2.49. The van der Waals surface area contributed by atoms with Gasteiger partial charge in [-0.3, -0.25) is 19.2 Å². The molecule has 274 valence electrons. The number of amides is 3. The lowest BCUT2D eigenvalue weighted by molar-refractivity contribution is -0.137. The predicted octanol–water partition coefficient (Wildman–Crippen LogP) is 4.08. The number of ether oxygens (including phenoxy) is 1. The van der Waals surface area contributed by atoms with Crippen molar-refractivity contribution >= 4 is 52.0 Å². The van der Waals surface area contributed by atoms with Crippen molar-refractivity contribution in [3.8, 4) is 0 Å². The molecule has 0 aliphatic carbocycles. The number of hydrogen-bond acceptors (Lipinski definition) is 8. The molecule has 0 radical (unpaired) electrons. The van der Waals surface area contributed by atoms with Gasteiger partial charge in [0.25, 0.3) is 11.5 Å². The van der Waals surface area contributed by atoms with E-state index in [1.165, 1.54) is 4.52 Å². The number of nitrogens with one attached hydrogen (secondary N) is 3. The van der Waals surface area contributed by atoms with E-state index in [1.54, 1.807) is 34.9 Å². The number of piperidine rings is 1. The second-order valence-electron chi connectivity index (χ2n) is 12.4. The minimum absolute atomic E-state index is 0.00623. The monoisotopic (exact) mass is 740 g/mol. The number of rotatable bonds is 10. The van der Waals surface area contributed by atoms with Crippen molar-refractivity contribution in [1.29, 1.82) is 0 Å². The number of anilines is 2. The largest absolute Gasteiger partial charge is 0.416 e. The molecule has 2 aliphatic heterocycles. The molecule has 3 N–H and O–H groups in total. The standard InChI is InChI=1S/C35H36ClF3N8O5/c1-2-27-30(45-14-10-24(11-15-45)41-28(48)19-40-32(50)22-6-4-3-5-7-22)33(51)47-34(43-31(44-47)21-12-16-52-17-13-21)46(27)20-29(49)42-26-9-8-23(18-25(26)36)35(37,38)39/h3-9,12,18,24H,2,10-11,13-17,19-20H2,1H3,(H,40,50)(H,41,48)(H,42,49). The van der Waals surface area contributed by atoms with E-state index in [1.807, 2.05) is 17.9 Å². The van der Waals surface area contributed by atoms with E-state index in [2.05, 4.69) is 26.0 Å². The summed E-state index contributed by atoms with van der Waals surface area (Å²) in [5.41, 5.74) is 0.692. The smallest absolute Gasteiger partial charge is 0.377 e. The second kappa shape index (κ2) is 15.6. The Labute approximate surface area is 300 Å². The molecule has 2 aromatic carbocycles. The predicted molar refractivity (Wildman–Crippen MR) is 187 cm³/mol. The van der Waals surface area contributed by atoms with Crippen molar-refractivity contribution in [1.82, 2.24) is 29.8 Å². The summed E-state index contributed by atoms with van der Waals surface area (Å²) < 4.78 is 47.7. The number of hydrogen-bond donors (Lipinski definition) is 3. The molecule has 0 spiro atoms. The quantitative estimate of drug-likeness (QED) is 0.220. The molecule has 3 amide bonds. The Bertz CT molecular complexity index is 2070. The Kier molecular flexibility index (Phi) is 11.0. The van der Waals surface area contributed by atoms with Crippen molar-refractivity contribution in [2.45, 2.75) is 51.4 Å². The van der Waals surface area contributed by atoms with Crippen LogP contribution in [0.4, 0.5) is 24.5 Å². The summed E-state index contributed by atoms with van der Waals surface area (Å²) in [5, 5.41) is 12.4. The third kappa shape index (κ3) is 8.12. The molecular weight excluding hydrogens is 705 g/mol. The Balaban J connectivity index is 1.23. The summed E-state index contributed by atoms with van der Waals surface area (Å²) >= 11 is 6.12. The SMILES string of the molecule is CCc1c(N2CCC(NC(=O)CNC(=O)c3ccccc3)CC2)c(=O)n2nc(C3=CCOCC3)nc2n1CC(=O)Nc1ccc(C(F)(F)F)cc1Cl. The highest BCUT2D eigenvalue weighted by molar-refractivity contribution is 6.33. The number of aromatic nitrogens is 4. The molecule has 4 aromatic rings. The van der Waals surface area contributed by atoms with E-state index in [0.717, 1.165) is 23.8 Å². The highest BCUT2D eigenvalue weighted by atomic mass is 35.5. The fraction of sp³-hybridized carbons (Fsp3) is 0.371. The molecule has 1 saturated heterocycles. The summed E-state index contributed by atoms with van der Waals surface area (Å²) in [6.07, 6.45) is -0.915. The number of alkyl halides is 3. The number of benzene rings is 2. The molecule has 2 aliphatic rings. The molecule has 52 heavy (non-hydrogen) atoms.